The van der Waals surface area contributed by atoms with Crippen LogP contribution in [0.4, 0.5) is 17.1 Å². The number of benzene rings is 3. The van der Waals surface area contributed by atoms with E-state index >= 15 is 0 Å². The normalized spacial score (nSPS) is 18.9. The lowest BCUT2D eigenvalue weighted by atomic mass is 9.83. The molecule has 0 saturated carbocycles. The van der Waals surface area contributed by atoms with Gasteiger partial charge in [-0.25, -0.2) is 0 Å². The van der Waals surface area contributed by atoms with Crippen LogP contribution in [0.1, 0.15) is 55.5 Å². The number of aromatic nitrogens is 3. The third-order valence-electron chi connectivity index (χ3n) is 9.82. The molecule has 4 aromatic rings. The number of nitrogens with one attached hydrogen (secondary N) is 1. The predicted octanol–water partition coefficient (Wildman–Crippen LogP) is 4.83. The Morgan fingerprint density at radius 3 is 2.70 bits per heavy atom. The summed E-state index contributed by atoms with van der Waals surface area (Å²) < 4.78 is 7.48. The number of fused-ring (bicyclic) bond motifs is 2. The molecule has 2 aliphatic heterocycles. The lowest BCUT2D eigenvalue weighted by molar-refractivity contribution is -0.139. The molecule has 1 unspecified atom stereocenters. The van der Waals surface area contributed by atoms with Crippen LogP contribution in [0, 0.1) is 5.92 Å². The summed E-state index contributed by atoms with van der Waals surface area (Å²) in [6, 6.07) is 18.0. The van der Waals surface area contributed by atoms with Crippen LogP contribution in [0.2, 0.25) is 5.02 Å². The number of amides is 2. The zero-order chi connectivity index (χ0) is 37.5. The van der Waals surface area contributed by atoms with Crippen LogP contribution in [0.15, 0.2) is 79.0 Å². The number of anilines is 3. The Balaban J connectivity index is 1.24. The molecule has 1 aromatic heterocycles. The van der Waals surface area contributed by atoms with E-state index in [1.54, 1.807) is 38.9 Å². The average Bonchev–Trinajstić information content (AvgIpc) is 3.68. The summed E-state index contributed by atoms with van der Waals surface area (Å²) in [5.74, 6) is -0.406. The third-order valence-corrected chi connectivity index (χ3v) is 10.1. The zero-order valence-corrected chi connectivity index (χ0v) is 30.9. The summed E-state index contributed by atoms with van der Waals surface area (Å²) in [7, 11) is 0. The summed E-state index contributed by atoms with van der Waals surface area (Å²) >= 11 is 6.43. The van der Waals surface area contributed by atoms with Gasteiger partial charge in [0, 0.05) is 54.6 Å². The first kappa shape index (κ1) is 38.1. The smallest absolute Gasteiger partial charge is 0.264 e. The van der Waals surface area contributed by atoms with E-state index in [9.17, 15) is 19.8 Å². The summed E-state index contributed by atoms with van der Waals surface area (Å²) in [6.45, 7) is 5.67. The van der Waals surface area contributed by atoms with Crippen molar-refractivity contribution in [2.24, 2.45) is 5.92 Å². The molecule has 2 aliphatic rings. The van der Waals surface area contributed by atoms with Crippen LogP contribution in [0.25, 0.3) is 0 Å². The summed E-state index contributed by atoms with van der Waals surface area (Å²) in [4.78, 5) is 31.7. The van der Waals surface area contributed by atoms with E-state index in [0.717, 1.165) is 29.0 Å². The first-order valence-corrected chi connectivity index (χ1v) is 18.6. The highest BCUT2D eigenvalue weighted by atomic mass is 35.5. The average molecular weight is 743 g/mol. The van der Waals surface area contributed by atoms with E-state index in [-0.39, 0.29) is 25.7 Å². The van der Waals surface area contributed by atoms with Crippen LogP contribution in [0.3, 0.4) is 0 Å². The molecule has 0 spiro atoms. The van der Waals surface area contributed by atoms with Crippen LogP contribution in [-0.4, -0.2) is 74.5 Å². The van der Waals surface area contributed by atoms with Crippen LogP contribution in [-0.2, 0) is 41.1 Å². The van der Waals surface area contributed by atoms with Crippen molar-refractivity contribution in [3.8, 4) is 5.75 Å². The molecule has 12 nitrogen and oxygen atoms in total. The van der Waals surface area contributed by atoms with Crippen molar-refractivity contribution in [1.29, 1.82) is 0 Å². The number of hydrogen-bond donors (Lipinski definition) is 4. The topological polar surface area (TPSA) is 153 Å². The molecule has 0 aliphatic carbocycles. The number of aryl methyl sites for hydroxylation is 1. The van der Waals surface area contributed by atoms with E-state index in [0.29, 0.717) is 73.0 Å². The van der Waals surface area contributed by atoms with E-state index in [2.05, 4.69) is 15.6 Å². The van der Waals surface area contributed by atoms with E-state index in [4.69, 9.17) is 21.4 Å². The van der Waals surface area contributed by atoms with Gasteiger partial charge in [-0.3, -0.25) is 19.2 Å². The molecule has 280 valence electrons. The molecule has 2 amide bonds. The minimum absolute atomic E-state index is 0.00478. The molecule has 4 N–H and O–H groups in total. The number of nitrogens with zero attached hydrogens (tertiary/aromatic N) is 5. The van der Waals surface area contributed by atoms with E-state index < -0.39 is 23.5 Å². The SMILES string of the molecule is CCOc1ccc2c(c1)CC(NCCCCO)C(=O)N2c1cccc(CN2C(=O)[C@](O)([C@H](C)/C=C/CCn3cc(CCO)nn3)c3cc(Cl)ccc32)c1. The molecule has 0 bridgehead atoms. The largest absolute Gasteiger partial charge is 0.494 e. The van der Waals surface area contributed by atoms with Crippen molar-refractivity contribution in [3.05, 3.63) is 106 Å². The number of halogens is 1. The van der Waals surface area contributed by atoms with Crippen molar-refractivity contribution in [2.45, 2.75) is 70.7 Å². The molecular weight excluding hydrogens is 696 g/mol. The van der Waals surface area contributed by atoms with Crippen molar-refractivity contribution in [3.63, 3.8) is 0 Å². The Kier molecular flexibility index (Phi) is 12.3. The van der Waals surface area contributed by atoms with E-state index in [1.165, 1.54) is 0 Å². The molecule has 3 aromatic carbocycles. The Morgan fingerprint density at radius 1 is 1.08 bits per heavy atom. The van der Waals surface area contributed by atoms with Gasteiger partial charge in [-0.2, -0.15) is 0 Å². The Morgan fingerprint density at radius 2 is 1.91 bits per heavy atom. The number of aliphatic hydroxyl groups is 3. The second kappa shape index (κ2) is 17.0. The Hall–Kier alpha value is -4.59. The van der Waals surface area contributed by atoms with Crippen molar-refractivity contribution >= 4 is 40.5 Å². The second-order valence-electron chi connectivity index (χ2n) is 13.5. The maximum absolute atomic E-state index is 14.3. The molecule has 3 heterocycles. The number of ether oxygens (including phenoxy) is 1. The monoisotopic (exact) mass is 742 g/mol. The van der Waals surface area contributed by atoms with Crippen LogP contribution >= 0.6 is 11.6 Å². The standard InChI is InChI=1S/C40H47ClN6O6/c1-3-53-33-13-15-36-29(22-33)23-35(42-17-5-7-19-48)38(50)47(36)32-11-8-10-28(21-32)25-46-37-14-12-30(41)24-34(37)40(52,39(46)51)27(2)9-4-6-18-45-26-31(16-20-49)43-44-45/h4,8-15,21-22,24,26-27,35,42,48-49,52H,3,5-7,16-20,23,25H2,1-2H3/b9-4+/t27-,35?,40+/m1/s1. The molecule has 53 heavy (non-hydrogen) atoms. The molecule has 3 atom stereocenters. The highest BCUT2D eigenvalue weighted by Gasteiger charge is 2.52. The van der Waals surface area contributed by atoms with Crippen LogP contribution < -0.4 is 19.9 Å². The fraction of sp³-hybridized carbons (Fsp3) is 0.400. The third kappa shape index (κ3) is 8.17. The van der Waals surface area contributed by atoms with E-state index in [1.807, 2.05) is 68.5 Å². The molecule has 0 radical (unpaired) electrons. The molecule has 13 heteroatoms. The Labute approximate surface area is 314 Å². The number of carbonyl (C=O) groups is 2. The fourth-order valence-corrected chi connectivity index (χ4v) is 7.27. The van der Waals surface area contributed by atoms with Gasteiger partial charge in [0.2, 0.25) is 5.91 Å². The van der Waals surface area contributed by atoms with Gasteiger partial charge in [-0.05, 0) is 98.8 Å². The fourth-order valence-electron chi connectivity index (χ4n) is 7.10. The molecule has 0 saturated heterocycles. The lowest BCUT2D eigenvalue weighted by Crippen LogP contribution is -2.49. The van der Waals surface area contributed by atoms with Gasteiger partial charge >= 0.3 is 0 Å². The second-order valence-corrected chi connectivity index (χ2v) is 13.9. The first-order chi connectivity index (χ1) is 25.7. The highest BCUT2D eigenvalue weighted by molar-refractivity contribution is 6.31. The number of carbonyl (C=O) groups excluding carboxylic acids is 2. The Bertz CT molecular complexity index is 1950. The number of unbranched alkanes of at least 4 members (excludes halogenated alkanes) is 1. The van der Waals surface area contributed by atoms with Crippen molar-refractivity contribution in [1.82, 2.24) is 20.3 Å². The number of hydrogen-bond acceptors (Lipinski definition) is 9. The minimum atomic E-state index is -1.86. The summed E-state index contributed by atoms with van der Waals surface area (Å²) in [5, 5.41) is 42.5. The van der Waals surface area contributed by atoms with Gasteiger partial charge in [0.15, 0.2) is 5.60 Å². The number of aliphatic hydroxyl groups excluding tert-OH is 2. The predicted molar refractivity (Wildman–Crippen MR) is 203 cm³/mol. The highest BCUT2D eigenvalue weighted by Crippen LogP contribution is 2.47. The van der Waals surface area contributed by atoms with Gasteiger partial charge < -0.3 is 30.3 Å². The van der Waals surface area contributed by atoms with Crippen molar-refractivity contribution < 1.29 is 29.6 Å². The maximum Gasteiger partial charge on any atom is 0.264 e. The molecule has 0 fully saturated rings. The van der Waals surface area contributed by atoms with Crippen molar-refractivity contribution in [2.75, 3.05) is 36.2 Å². The lowest BCUT2D eigenvalue weighted by Gasteiger charge is -2.35. The van der Waals surface area contributed by atoms with Gasteiger partial charge in [-0.1, -0.05) is 48.0 Å². The first-order valence-electron chi connectivity index (χ1n) is 18.2. The van der Waals surface area contributed by atoms with Gasteiger partial charge in [0.1, 0.15) is 5.75 Å². The quantitative estimate of drug-likeness (QED) is 0.0880. The van der Waals surface area contributed by atoms with Crippen LogP contribution in [0.5, 0.6) is 5.75 Å². The number of allylic oxidation sites excluding steroid dienone is 1. The van der Waals surface area contributed by atoms with Gasteiger partial charge in [0.05, 0.1) is 36.3 Å². The molecule has 6 rings (SSSR count). The van der Waals surface area contributed by atoms with Gasteiger partial charge in [0.25, 0.3) is 5.91 Å². The summed E-state index contributed by atoms with van der Waals surface area (Å²) in [5.41, 5.74) is 3.04. The summed E-state index contributed by atoms with van der Waals surface area (Å²) in [6.07, 6.45) is 8.48. The minimum Gasteiger partial charge on any atom is -0.494 e. The maximum atomic E-state index is 14.3. The zero-order valence-electron chi connectivity index (χ0n) is 30.1. The van der Waals surface area contributed by atoms with Gasteiger partial charge in [-0.15, -0.1) is 5.10 Å². The molecular formula is C40H47ClN6O6. The number of rotatable bonds is 17.